The number of nitrogens with one attached hydrogen (secondary N) is 2. The van der Waals surface area contributed by atoms with Crippen LogP contribution in [-0.4, -0.2) is 48.2 Å². The van der Waals surface area contributed by atoms with Gasteiger partial charge >= 0.3 is 0 Å². The molecule has 7 nitrogen and oxygen atoms in total. The van der Waals surface area contributed by atoms with Crippen molar-refractivity contribution in [1.82, 2.24) is 20.2 Å². The third-order valence-electron chi connectivity index (χ3n) is 6.92. The van der Waals surface area contributed by atoms with Crippen molar-refractivity contribution in [3.05, 3.63) is 41.5 Å². The number of nitrogens with zero attached hydrogens (tertiary/aromatic N) is 3. The quantitative estimate of drug-likeness (QED) is 0.511. The second-order valence-electron chi connectivity index (χ2n) is 9.40. The Morgan fingerprint density at radius 1 is 1.15 bits per heavy atom. The molecule has 2 saturated heterocycles. The average molecular weight is 450 g/mol. The van der Waals surface area contributed by atoms with Gasteiger partial charge in [-0.3, -0.25) is 4.90 Å². The van der Waals surface area contributed by atoms with E-state index >= 15 is 0 Å². The van der Waals surface area contributed by atoms with E-state index < -0.39 is 0 Å². The fraction of sp³-hybridized carbons (Fsp3) is 0.538. The minimum atomic E-state index is 0.754. The first-order valence-electron chi connectivity index (χ1n) is 12.3. The van der Waals surface area contributed by atoms with Crippen LogP contribution in [0.4, 0.5) is 11.5 Å². The van der Waals surface area contributed by atoms with E-state index in [1.54, 1.807) is 7.11 Å². The van der Waals surface area contributed by atoms with Gasteiger partial charge in [-0.15, -0.1) is 0 Å². The lowest BCUT2D eigenvalue weighted by Gasteiger charge is -2.22. The van der Waals surface area contributed by atoms with Crippen molar-refractivity contribution in [2.75, 3.05) is 38.6 Å². The van der Waals surface area contributed by atoms with Gasteiger partial charge in [0.15, 0.2) is 11.3 Å². The molecule has 2 N–H and O–H groups in total. The van der Waals surface area contributed by atoms with Crippen LogP contribution in [0.1, 0.15) is 49.4 Å². The average Bonchev–Trinajstić information content (AvgIpc) is 3.49. The fourth-order valence-electron chi connectivity index (χ4n) is 5.14. The molecule has 4 heterocycles. The zero-order valence-corrected chi connectivity index (χ0v) is 19.8. The Labute approximate surface area is 195 Å². The summed E-state index contributed by atoms with van der Waals surface area (Å²) in [5, 5.41) is 8.01. The topological polar surface area (TPSA) is 75.5 Å². The summed E-state index contributed by atoms with van der Waals surface area (Å²) in [6.07, 6.45) is 7.24. The number of aromatic nitrogens is 2. The molecule has 2 aromatic heterocycles. The first kappa shape index (κ1) is 22.2. The number of piperidine rings is 1. The number of benzene rings is 1. The van der Waals surface area contributed by atoms with E-state index in [1.807, 2.05) is 19.1 Å². The molecule has 1 aromatic carbocycles. The van der Waals surface area contributed by atoms with E-state index in [-0.39, 0.29) is 0 Å². The third-order valence-corrected chi connectivity index (χ3v) is 6.92. The van der Waals surface area contributed by atoms with Crippen molar-refractivity contribution in [1.29, 1.82) is 0 Å². The number of ether oxygens (including phenoxy) is 1. The number of anilines is 2. The van der Waals surface area contributed by atoms with Gasteiger partial charge in [-0.05, 0) is 95.7 Å². The molecule has 3 aromatic rings. The molecule has 0 saturated carbocycles. The molecule has 0 atom stereocenters. The molecule has 0 unspecified atom stereocenters. The van der Waals surface area contributed by atoms with Crippen LogP contribution in [0, 0.1) is 12.8 Å². The number of likely N-dealkylation sites (tertiary alicyclic amines) is 1. The van der Waals surface area contributed by atoms with Crippen LogP contribution in [0.3, 0.4) is 0 Å². The largest absolute Gasteiger partial charge is 0.493 e. The normalized spacial score (nSPS) is 17.6. The molecule has 33 heavy (non-hydrogen) atoms. The highest BCUT2D eigenvalue weighted by Crippen LogP contribution is 2.36. The maximum Gasteiger partial charge on any atom is 0.178 e. The summed E-state index contributed by atoms with van der Waals surface area (Å²) in [4.78, 5) is 11.8. The Hall–Kier alpha value is -2.64. The zero-order valence-electron chi connectivity index (χ0n) is 19.8. The van der Waals surface area contributed by atoms with Gasteiger partial charge in [-0.1, -0.05) is 0 Å². The van der Waals surface area contributed by atoms with E-state index in [1.165, 1.54) is 32.1 Å². The van der Waals surface area contributed by atoms with Gasteiger partial charge in [-0.2, -0.15) is 0 Å². The predicted octanol–water partition coefficient (Wildman–Crippen LogP) is 4.81. The molecule has 2 aliphatic rings. The molecule has 0 spiro atoms. The third kappa shape index (κ3) is 5.31. The van der Waals surface area contributed by atoms with E-state index in [9.17, 15) is 0 Å². The highest BCUT2D eigenvalue weighted by Gasteiger charge is 2.18. The lowest BCUT2D eigenvalue weighted by atomic mass is 9.92. The highest BCUT2D eigenvalue weighted by atomic mass is 16.5. The second-order valence-corrected chi connectivity index (χ2v) is 9.40. The van der Waals surface area contributed by atoms with E-state index in [0.717, 1.165) is 90.6 Å². The van der Waals surface area contributed by atoms with E-state index in [0.29, 0.717) is 0 Å². The number of furan rings is 1. The Bertz CT molecular complexity index is 1080. The lowest BCUT2D eigenvalue weighted by molar-refractivity contribution is 0.300. The molecule has 2 fully saturated rings. The fourth-order valence-corrected chi connectivity index (χ4v) is 5.14. The van der Waals surface area contributed by atoms with Crippen molar-refractivity contribution in [2.24, 2.45) is 5.92 Å². The summed E-state index contributed by atoms with van der Waals surface area (Å²) in [7, 11) is 1.69. The molecule has 5 rings (SSSR count). The van der Waals surface area contributed by atoms with Gasteiger partial charge in [0.2, 0.25) is 0 Å². The van der Waals surface area contributed by atoms with Gasteiger partial charge < -0.3 is 19.8 Å². The second kappa shape index (κ2) is 10.1. The first-order chi connectivity index (χ1) is 16.2. The summed E-state index contributed by atoms with van der Waals surface area (Å²) < 4.78 is 11.8. The van der Waals surface area contributed by atoms with Crippen molar-refractivity contribution in [2.45, 2.75) is 52.0 Å². The summed E-state index contributed by atoms with van der Waals surface area (Å²) in [6.45, 7) is 7.36. The predicted molar refractivity (Wildman–Crippen MR) is 131 cm³/mol. The molecule has 7 heteroatoms. The summed E-state index contributed by atoms with van der Waals surface area (Å²) in [5.74, 6) is 4.15. The van der Waals surface area contributed by atoms with Crippen molar-refractivity contribution in [3.8, 4) is 5.75 Å². The number of rotatable bonds is 8. The van der Waals surface area contributed by atoms with Crippen LogP contribution < -0.4 is 15.4 Å². The Morgan fingerprint density at radius 3 is 2.76 bits per heavy atom. The van der Waals surface area contributed by atoms with Crippen LogP contribution in [0.2, 0.25) is 0 Å². The van der Waals surface area contributed by atoms with Crippen LogP contribution in [0.25, 0.3) is 11.0 Å². The van der Waals surface area contributed by atoms with Gasteiger partial charge in [0.25, 0.3) is 0 Å². The molecular formula is C26H35N5O2. The number of methoxy groups -OCH3 is 1. The van der Waals surface area contributed by atoms with Gasteiger partial charge in [0.05, 0.1) is 19.3 Å². The lowest BCUT2D eigenvalue weighted by Crippen LogP contribution is -2.27. The van der Waals surface area contributed by atoms with Crippen LogP contribution in [-0.2, 0) is 13.0 Å². The Morgan fingerprint density at radius 2 is 1.97 bits per heavy atom. The maximum atomic E-state index is 6.24. The van der Waals surface area contributed by atoms with Crippen molar-refractivity contribution >= 4 is 22.5 Å². The SMILES string of the molecule is COc1ccc(Nc2cc(CCC3CCNCC3)nc(C)n2)c2cc(CN3CCCC3)oc12. The molecule has 2 aliphatic heterocycles. The van der Waals surface area contributed by atoms with Crippen LogP contribution >= 0.6 is 0 Å². The van der Waals surface area contributed by atoms with Gasteiger partial charge in [0.1, 0.15) is 17.4 Å². The summed E-state index contributed by atoms with van der Waals surface area (Å²) >= 11 is 0. The minimum Gasteiger partial charge on any atom is -0.493 e. The standard InChI is InChI=1S/C26H35N5O2/c1-18-28-20(6-5-19-9-11-27-12-10-19)15-25(29-18)30-23-7-8-24(32-2)26-22(23)16-21(33-26)17-31-13-3-4-14-31/h7-8,15-16,19,27H,3-6,9-14,17H2,1-2H3,(H,28,29,30). The minimum absolute atomic E-state index is 0.754. The van der Waals surface area contributed by atoms with Crippen molar-refractivity contribution < 1.29 is 9.15 Å². The van der Waals surface area contributed by atoms with Crippen LogP contribution in [0.15, 0.2) is 28.7 Å². The number of hydrogen-bond acceptors (Lipinski definition) is 7. The molecule has 0 aliphatic carbocycles. The van der Waals surface area contributed by atoms with E-state index in [4.69, 9.17) is 14.1 Å². The zero-order chi connectivity index (χ0) is 22.6. The number of fused-ring (bicyclic) bond motifs is 1. The number of hydrogen-bond donors (Lipinski definition) is 2. The summed E-state index contributed by atoms with van der Waals surface area (Å²) in [5.41, 5.74) is 2.87. The smallest absolute Gasteiger partial charge is 0.178 e. The molecule has 0 bridgehead atoms. The van der Waals surface area contributed by atoms with Gasteiger partial charge in [-0.25, -0.2) is 9.97 Å². The molecule has 0 amide bonds. The van der Waals surface area contributed by atoms with Crippen molar-refractivity contribution in [3.63, 3.8) is 0 Å². The van der Waals surface area contributed by atoms with Gasteiger partial charge in [0, 0.05) is 17.1 Å². The highest BCUT2D eigenvalue weighted by molar-refractivity contribution is 5.96. The molecular weight excluding hydrogens is 414 g/mol. The molecule has 0 radical (unpaired) electrons. The monoisotopic (exact) mass is 449 g/mol. The first-order valence-corrected chi connectivity index (χ1v) is 12.3. The molecule has 176 valence electrons. The van der Waals surface area contributed by atoms with Crippen LogP contribution in [0.5, 0.6) is 5.75 Å². The Kier molecular flexibility index (Phi) is 6.78. The Balaban J connectivity index is 1.36. The number of aryl methyl sites for hydroxylation is 2. The van der Waals surface area contributed by atoms with E-state index in [2.05, 4.69) is 32.7 Å². The maximum absolute atomic E-state index is 6.24. The summed E-state index contributed by atoms with van der Waals surface area (Å²) in [6, 6.07) is 8.24.